The molecule has 2 unspecified atom stereocenters. The monoisotopic (exact) mass is 929 g/mol. The molecule has 372 valence electrons. The van der Waals surface area contributed by atoms with Crippen LogP contribution >= 0.6 is 0 Å². The highest BCUT2D eigenvalue weighted by molar-refractivity contribution is 5.79. The SMILES string of the molecule is C[C@@H]1CC[C@@]2(C(=O)O[C@H]3O[C@@H](CO)[C@H](O)[C@@H](O)[C@@H]3O)CC[C@@]3(C)C(=CCC4[C@]5(C)CC[C@@H](O[C@H]6OC[C@H](O)[C@@H](O)[C@@H]6O[C@H]6O[C@@H](CO)[C@H](O)[C@@H](O)[C@@H]6O)C(C)(C)C5CC[C@@]43C)[C@H]2[C@@]1(C)O. The summed E-state index contributed by atoms with van der Waals surface area (Å²) in [5.41, 5.74) is -2.75. The molecule has 11 N–H and O–H groups in total. The van der Waals surface area contributed by atoms with Crippen molar-refractivity contribution in [3.05, 3.63) is 11.6 Å². The van der Waals surface area contributed by atoms with Crippen LogP contribution in [0, 0.1) is 50.7 Å². The molecule has 18 heteroatoms. The van der Waals surface area contributed by atoms with E-state index < -0.39 is 139 Å². The average molecular weight is 929 g/mol. The maximum Gasteiger partial charge on any atom is 0.315 e. The topological polar surface area (TPSA) is 295 Å². The number of hydrogen-bond acceptors (Lipinski definition) is 18. The molecule has 7 fully saturated rings. The number of allylic oxidation sites excluding steroid dienone is 1. The molecule has 18 nitrogen and oxygen atoms in total. The van der Waals surface area contributed by atoms with Crippen LogP contribution in [-0.4, -0.2) is 180 Å². The molecular weight excluding hydrogens is 852 g/mol. The molecule has 4 saturated carbocycles. The van der Waals surface area contributed by atoms with Gasteiger partial charge in [-0.3, -0.25) is 4.79 Å². The summed E-state index contributed by atoms with van der Waals surface area (Å²) in [7, 11) is 0. The fourth-order valence-corrected chi connectivity index (χ4v) is 15.0. The summed E-state index contributed by atoms with van der Waals surface area (Å²) in [6, 6.07) is 0. The molecule has 0 aromatic rings. The predicted octanol–water partition coefficient (Wildman–Crippen LogP) is -0.250. The number of rotatable bonds is 8. The first-order valence-electron chi connectivity index (χ1n) is 23.9. The van der Waals surface area contributed by atoms with E-state index in [-0.39, 0.29) is 35.2 Å². The van der Waals surface area contributed by atoms with Crippen LogP contribution in [0.1, 0.15) is 106 Å². The molecule has 65 heavy (non-hydrogen) atoms. The molecule has 5 aliphatic carbocycles. The van der Waals surface area contributed by atoms with Crippen molar-refractivity contribution in [2.24, 2.45) is 50.7 Å². The molecule has 0 aromatic heterocycles. The normalized spacial score (nSPS) is 55.4. The number of esters is 1. The number of aliphatic hydroxyl groups is 11. The van der Waals surface area contributed by atoms with Crippen LogP contribution in [0.25, 0.3) is 0 Å². The quantitative estimate of drug-likeness (QED) is 0.0850. The lowest BCUT2D eigenvalue weighted by Crippen LogP contribution is -2.68. The van der Waals surface area contributed by atoms with E-state index in [4.69, 9.17) is 28.4 Å². The molecule has 8 aliphatic rings. The van der Waals surface area contributed by atoms with Gasteiger partial charge in [-0.05, 0) is 104 Å². The lowest BCUT2D eigenvalue weighted by Gasteiger charge is -2.72. The van der Waals surface area contributed by atoms with Crippen molar-refractivity contribution in [2.45, 2.75) is 204 Å². The number of carbonyl (C=O) groups is 1. The second kappa shape index (κ2) is 17.5. The number of carbonyl (C=O) groups excluding carboxylic acids is 1. The van der Waals surface area contributed by atoms with Crippen molar-refractivity contribution in [3.63, 3.8) is 0 Å². The predicted molar refractivity (Wildman–Crippen MR) is 226 cm³/mol. The van der Waals surface area contributed by atoms with Crippen molar-refractivity contribution in [2.75, 3.05) is 19.8 Å². The Morgan fingerprint density at radius 2 is 1.31 bits per heavy atom. The third kappa shape index (κ3) is 7.53. The van der Waals surface area contributed by atoms with Crippen LogP contribution in [-0.2, 0) is 33.2 Å². The molecule has 0 aromatic carbocycles. The Labute approximate surface area is 380 Å². The summed E-state index contributed by atoms with van der Waals surface area (Å²) in [5, 5.41) is 117. The van der Waals surface area contributed by atoms with Crippen LogP contribution in [0.4, 0.5) is 0 Å². The first kappa shape index (κ1) is 50.0. The van der Waals surface area contributed by atoms with Gasteiger partial charge in [0.2, 0.25) is 6.29 Å². The van der Waals surface area contributed by atoms with Gasteiger partial charge in [0, 0.05) is 5.92 Å². The lowest BCUT2D eigenvalue weighted by atomic mass is 9.33. The molecule has 0 spiro atoms. The highest BCUT2D eigenvalue weighted by Crippen LogP contribution is 2.76. The average Bonchev–Trinajstić information content (AvgIpc) is 3.25. The Balaban J connectivity index is 1.05. The molecule has 0 radical (unpaired) electrons. The Bertz CT molecular complexity index is 1770. The third-order valence-corrected chi connectivity index (χ3v) is 19.3. The maximum absolute atomic E-state index is 14.7. The second-order valence-electron chi connectivity index (χ2n) is 22.7. The molecule has 0 amide bonds. The van der Waals surface area contributed by atoms with Gasteiger partial charge >= 0.3 is 5.97 Å². The van der Waals surface area contributed by atoms with E-state index in [1.54, 1.807) is 0 Å². The van der Waals surface area contributed by atoms with Crippen molar-refractivity contribution < 1.29 is 89.4 Å². The summed E-state index contributed by atoms with van der Waals surface area (Å²) >= 11 is 0. The van der Waals surface area contributed by atoms with Gasteiger partial charge in [-0.1, -0.05) is 53.2 Å². The third-order valence-electron chi connectivity index (χ3n) is 19.3. The first-order chi connectivity index (χ1) is 30.3. The van der Waals surface area contributed by atoms with Gasteiger partial charge in [-0.2, -0.15) is 0 Å². The van der Waals surface area contributed by atoms with Crippen molar-refractivity contribution in [3.8, 4) is 0 Å². The summed E-state index contributed by atoms with van der Waals surface area (Å²) < 4.78 is 35.9. The zero-order valence-corrected chi connectivity index (χ0v) is 38.8. The summed E-state index contributed by atoms with van der Waals surface area (Å²) in [6.07, 6.45) is -13.6. The highest BCUT2D eigenvalue weighted by Gasteiger charge is 2.72. The molecule has 3 aliphatic heterocycles. The number of aliphatic hydroxyl groups excluding tert-OH is 10. The fourth-order valence-electron chi connectivity index (χ4n) is 15.0. The Morgan fingerprint density at radius 3 is 1.94 bits per heavy atom. The highest BCUT2D eigenvalue weighted by atomic mass is 16.8. The number of fused-ring (bicyclic) bond motifs is 7. The smallest absolute Gasteiger partial charge is 0.315 e. The van der Waals surface area contributed by atoms with Gasteiger partial charge in [-0.15, -0.1) is 0 Å². The summed E-state index contributed by atoms with van der Waals surface area (Å²) in [4.78, 5) is 14.7. The minimum absolute atomic E-state index is 0.154. The Morgan fingerprint density at radius 1 is 0.692 bits per heavy atom. The number of hydrogen-bond donors (Lipinski definition) is 11. The minimum Gasteiger partial charge on any atom is -0.432 e. The molecule has 3 saturated heterocycles. The van der Waals surface area contributed by atoms with E-state index in [9.17, 15) is 61.0 Å². The molecule has 0 bridgehead atoms. The van der Waals surface area contributed by atoms with Crippen LogP contribution in [0.5, 0.6) is 0 Å². The van der Waals surface area contributed by atoms with E-state index in [1.807, 2.05) is 13.8 Å². The van der Waals surface area contributed by atoms with Gasteiger partial charge in [0.05, 0.1) is 36.9 Å². The van der Waals surface area contributed by atoms with Gasteiger partial charge in [-0.25, -0.2) is 0 Å². The summed E-state index contributed by atoms with van der Waals surface area (Å²) in [5.74, 6) is -1.06. The maximum atomic E-state index is 14.7. The standard InChI is InChI=1S/C47H76O18/c1-21-10-15-47(41(58)65-39-35(57)33(55)31(53)25(19-49)62-39)17-16-44(5)22(37(47)46(21,7)59)8-9-27-43(4)13-12-28(42(2,3)26(43)11-14-45(27,44)6)63-40-36(29(51)23(50)20-60-40)64-38-34(56)32(54)30(52)24(18-48)61-38/h8,21,23-40,48-57,59H,9-20H2,1-7H3/t21-,23+,24+,25+,26?,27?,28-,29-,30+,31+,32-,33-,34+,35+,36+,37+,38-,39-,40-,43-,44+,45+,46+,47-/m1/s1. The van der Waals surface area contributed by atoms with E-state index in [0.717, 1.165) is 24.8 Å². The molecular formula is C47H76O18. The van der Waals surface area contributed by atoms with Gasteiger partial charge in [0.25, 0.3) is 0 Å². The van der Waals surface area contributed by atoms with Gasteiger partial charge in [0.15, 0.2) is 12.6 Å². The lowest BCUT2D eigenvalue weighted by molar-refractivity contribution is -0.367. The second-order valence-corrected chi connectivity index (χ2v) is 22.7. The fraction of sp³-hybridized carbons (Fsp3) is 0.936. The Kier molecular flexibility index (Phi) is 13.4. The van der Waals surface area contributed by atoms with Crippen molar-refractivity contribution in [1.29, 1.82) is 0 Å². The van der Waals surface area contributed by atoms with Crippen LogP contribution in [0.2, 0.25) is 0 Å². The minimum atomic E-state index is -1.75. The summed E-state index contributed by atoms with van der Waals surface area (Å²) in [6.45, 7) is 13.7. The molecule has 24 atom stereocenters. The van der Waals surface area contributed by atoms with Crippen LogP contribution in [0.3, 0.4) is 0 Å². The van der Waals surface area contributed by atoms with E-state index in [2.05, 4.69) is 40.7 Å². The first-order valence-corrected chi connectivity index (χ1v) is 23.9. The van der Waals surface area contributed by atoms with Gasteiger partial charge in [0.1, 0.15) is 67.1 Å². The molecule has 3 heterocycles. The van der Waals surface area contributed by atoms with E-state index in [0.29, 0.717) is 38.5 Å². The largest absolute Gasteiger partial charge is 0.432 e. The molecule has 8 rings (SSSR count). The Hall–Kier alpha value is -1.43. The van der Waals surface area contributed by atoms with Crippen molar-refractivity contribution >= 4 is 5.97 Å². The zero-order chi connectivity index (χ0) is 47.6. The van der Waals surface area contributed by atoms with E-state index >= 15 is 0 Å². The zero-order valence-electron chi connectivity index (χ0n) is 38.8. The van der Waals surface area contributed by atoms with E-state index in [1.165, 1.54) is 0 Å². The van der Waals surface area contributed by atoms with Crippen molar-refractivity contribution in [1.82, 2.24) is 0 Å². The van der Waals surface area contributed by atoms with Crippen LogP contribution < -0.4 is 0 Å². The number of ether oxygens (including phenoxy) is 6. The van der Waals surface area contributed by atoms with Crippen LogP contribution in [0.15, 0.2) is 11.6 Å². The van der Waals surface area contributed by atoms with Gasteiger partial charge < -0.3 is 84.6 Å².